The third kappa shape index (κ3) is 8.33. The molecule has 7 heteroatoms. The molecule has 0 aliphatic heterocycles. The van der Waals surface area contributed by atoms with E-state index < -0.39 is 0 Å². The maximum absolute atomic E-state index is 12.9. The summed E-state index contributed by atoms with van der Waals surface area (Å²) in [6.45, 7) is 1.93. The van der Waals surface area contributed by atoms with Gasteiger partial charge in [0.2, 0.25) is 5.91 Å². The molecule has 3 N–H and O–H groups in total. The molecule has 0 radical (unpaired) electrons. The Kier molecular flexibility index (Phi) is 11.2. The minimum atomic E-state index is -0.218. The number of nitrogens with one attached hydrogen (secondary N) is 3. The van der Waals surface area contributed by atoms with E-state index >= 15 is 0 Å². The van der Waals surface area contributed by atoms with Gasteiger partial charge in [-0.2, -0.15) is 0 Å². The second-order valence-electron chi connectivity index (χ2n) is 6.43. The summed E-state index contributed by atoms with van der Waals surface area (Å²) in [5.74, 6) is 0.862. The number of halogens is 2. The lowest BCUT2D eigenvalue weighted by Crippen LogP contribution is -2.43. The predicted molar refractivity (Wildman–Crippen MR) is 114 cm³/mol. The molecule has 26 heavy (non-hydrogen) atoms. The number of nitrogens with zero attached hydrogens (tertiary/aromatic N) is 1. The van der Waals surface area contributed by atoms with Gasteiger partial charge in [0.15, 0.2) is 5.96 Å². The molecule has 1 fully saturated rings. The van der Waals surface area contributed by atoms with Crippen LogP contribution in [0.1, 0.15) is 37.7 Å². The first-order chi connectivity index (χ1) is 12.2. The van der Waals surface area contributed by atoms with Crippen molar-refractivity contribution in [3.05, 3.63) is 35.6 Å². The Morgan fingerprint density at radius 2 is 1.65 bits per heavy atom. The molecule has 0 aromatic heterocycles. The fourth-order valence-corrected chi connectivity index (χ4v) is 3.07. The summed E-state index contributed by atoms with van der Waals surface area (Å²) in [5, 5.41) is 9.40. The molecular weight excluding hydrogens is 446 g/mol. The summed E-state index contributed by atoms with van der Waals surface area (Å²) >= 11 is 0. The number of rotatable bonds is 7. The van der Waals surface area contributed by atoms with Gasteiger partial charge >= 0.3 is 0 Å². The summed E-state index contributed by atoms with van der Waals surface area (Å²) in [6.07, 6.45) is 6.42. The molecule has 1 saturated carbocycles. The zero-order chi connectivity index (χ0) is 17.9. The van der Waals surface area contributed by atoms with Crippen molar-refractivity contribution in [2.24, 2.45) is 10.9 Å². The first kappa shape index (κ1) is 22.7. The summed E-state index contributed by atoms with van der Waals surface area (Å²) in [6, 6.07) is 6.51. The Labute approximate surface area is 172 Å². The van der Waals surface area contributed by atoms with Crippen LogP contribution in [0.2, 0.25) is 0 Å². The fourth-order valence-electron chi connectivity index (χ4n) is 3.07. The Morgan fingerprint density at radius 1 is 1.04 bits per heavy atom. The maximum Gasteiger partial charge on any atom is 0.223 e. The Hall–Kier alpha value is -1.38. The summed E-state index contributed by atoms with van der Waals surface area (Å²) < 4.78 is 12.9. The molecule has 0 spiro atoms. The highest BCUT2D eigenvalue weighted by atomic mass is 127. The topological polar surface area (TPSA) is 65.5 Å². The van der Waals surface area contributed by atoms with E-state index in [9.17, 15) is 9.18 Å². The highest BCUT2D eigenvalue weighted by Gasteiger charge is 2.20. The number of hydrogen-bond acceptors (Lipinski definition) is 2. The zero-order valence-electron chi connectivity index (χ0n) is 15.4. The number of guanidine groups is 1. The van der Waals surface area contributed by atoms with E-state index in [1.165, 1.54) is 31.4 Å². The van der Waals surface area contributed by atoms with Gasteiger partial charge in [0.05, 0.1) is 0 Å². The van der Waals surface area contributed by atoms with Crippen molar-refractivity contribution in [3.8, 4) is 0 Å². The van der Waals surface area contributed by atoms with Crippen LogP contribution in [0.25, 0.3) is 0 Å². The monoisotopic (exact) mass is 476 g/mol. The van der Waals surface area contributed by atoms with E-state index in [2.05, 4.69) is 20.9 Å². The lowest BCUT2D eigenvalue weighted by Gasteiger charge is -2.21. The van der Waals surface area contributed by atoms with E-state index in [1.807, 2.05) is 0 Å². The summed E-state index contributed by atoms with van der Waals surface area (Å²) in [7, 11) is 1.72. The van der Waals surface area contributed by atoms with Crippen molar-refractivity contribution < 1.29 is 9.18 Å². The number of aliphatic imine (C=N–C) groups is 1. The molecule has 1 aromatic rings. The molecule has 1 aliphatic carbocycles. The highest BCUT2D eigenvalue weighted by Crippen LogP contribution is 2.23. The standard InChI is InChI=1S/C19H29FN4O.HI/c1-21-19(23-12-11-15-7-9-17(20)10-8-15)24-14-13-22-18(25)16-5-3-2-4-6-16;/h7-10,16H,2-6,11-14H2,1H3,(H,22,25)(H2,21,23,24);1H. The molecule has 0 heterocycles. The molecule has 146 valence electrons. The quantitative estimate of drug-likeness (QED) is 0.246. The number of hydrogen-bond donors (Lipinski definition) is 3. The molecule has 0 atom stereocenters. The average molecular weight is 476 g/mol. The van der Waals surface area contributed by atoms with Gasteiger partial charge in [-0.15, -0.1) is 24.0 Å². The van der Waals surface area contributed by atoms with Gasteiger partial charge in [-0.1, -0.05) is 31.4 Å². The Morgan fingerprint density at radius 3 is 2.31 bits per heavy atom. The summed E-state index contributed by atoms with van der Waals surface area (Å²) in [5.41, 5.74) is 1.07. The third-order valence-electron chi connectivity index (χ3n) is 4.54. The van der Waals surface area contributed by atoms with Crippen molar-refractivity contribution in [2.45, 2.75) is 38.5 Å². The van der Waals surface area contributed by atoms with Gasteiger partial charge < -0.3 is 16.0 Å². The van der Waals surface area contributed by atoms with E-state index in [-0.39, 0.29) is 41.6 Å². The van der Waals surface area contributed by atoms with Crippen molar-refractivity contribution in [1.29, 1.82) is 0 Å². The first-order valence-corrected chi connectivity index (χ1v) is 9.15. The largest absolute Gasteiger partial charge is 0.356 e. The molecule has 0 unspecified atom stereocenters. The molecule has 0 saturated heterocycles. The van der Waals surface area contributed by atoms with E-state index in [1.54, 1.807) is 19.2 Å². The van der Waals surface area contributed by atoms with Crippen LogP contribution in [0.4, 0.5) is 4.39 Å². The van der Waals surface area contributed by atoms with Crippen molar-refractivity contribution in [3.63, 3.8) is 0 Å². The van der Waals surface area contributed by atoms with E-state index in [4.69, 9.17) is 0 Å². The van der Waals surface area contributed by atoms with Crippen LogP contribution >= 0.6 is 24.0 Å². The molecule has 1 aromatic carbocycles. The molecule has 1 aliphatic rings. The van der Waals surface area contributed by atoms with Crippen LogP contribution in [0.15, 0.2) is 29.3 Å². The van der Waals surface area contributed by atoms with Crippen LogP contribution < -0.4 is 16.0 Å². The van der Waals surface area contributed by atoms with Crippen LogP contribution in [0.3, 0.4) is 0 Å². The summed E-state index contributed by atoms with van der Waals surface area (Å²) in [4.78, 5) is 16.2. The Bertz CT molecular complexity index is 559. The third-order valence-corrected chi connectivity index (χ3v) is 4.54. The SMILES string of the molecule is CN=C(NCCNC(=O)C1CCCCC1)NCCc1ccc(F)cc1.I. The Balaban J connectivity index is 0.00000338. The van der Waals surface area contributed by atoms with Crippen molar-refractivity contribution >= 4 is 35.8 Å². The fraction of sp³-hybridized carbons (Fsp3) is 0.579. The normalized spacial score (nSPS) is 15.1. The number of amides is 1. The second-order valence-corrected chi connectivity index (χ2v) is 6.43. The van der Waals surface area contributed by atoms with Gasteiger partial charge in [-0.3, -0.25) is 9.79 Å². The highest BCUT2D eigenvalue weighted by molar-refractivity contribution is 14.0. The molecule has 2 rings (SSSR count). The van der Waals surface area contributed by atoms with Crippen LogP contribution in [0, 0.1) is 11.7 Å². The minimum Gasteiger partial charge on any atom is -0.356 e. The maximum atomic E-state index is 12.9. The van der Waals surface area contributed by atoms with E-state index in [0.29, 0.717) is 25.6 Å². The molecule has 0 bridgehead atoms. The second kappa shape index (κ2) is 12.9. The number of carbonyl (C=O) groups excluding carboxylic acids is 1. The average Bonchev–Trinajstić information content (AvgIpc) is 2.65. The zero-order valence-corrected chi connectivity index (χ0v) is 17.7. The van der Waals surface area contributed by atoms with Gasteiger partial charge in [0.25, 0.3) is 0 Å². The van der Waals surface area contributed by atoms with Crippen LogP contribution in [-0.2, 0) is 11.2 Å². The molecule has 1 amide bonds. The van der Waals surface area contributed by atoms with Gasteiger partial charge in [-0.25, -0.2) is 4.39 Å². The lowest BCUT2D eigenvalue weighted by molar-refractivity contribution is -0.125. The smallest absolute Gasteiger partial charge is 0.223 e. The van der Waals surface area contributed by atoms with Gasteiger partial charge in [-0.05, 0) is 37.0 Å². The number of benzene rings is 1. The first-order valence-electron chi connectivity index (χ1n) is 9.15. The number of carbonyl (C=O) groups is 1. The van der Waals surface area contributed by atoms with Crippen molar-refractivity contribution in [1.82, 2.24) is 16.0 Å². The predicted octanol–water partition coefficient (Wildman–Crippen LogP) is 2.85. The lowest BCUT2D eigenvalue weighted by atomic mass is 9.89. The van der Waals surface area contributed by atoms with Crippen molar-refractivity contribution in [2.75, 3.05) is 26.7 Å². The van der Waals surface area contributed by atoms with Gasteiger partial charge in [0.1, 0.15) is 5.82 Å². The van der Waals surface area contributed by atoms with Crippen LogP contribution in [0.5, 0.6) is 0 Å². The van der Waals surface area contributed by atoms with Gasteiger partial charge in [0, 0.05) is 32.6 Å². The van der Waals surface area contributed by atoms with E-state index in [0.717, 1.165) is 24.8 Å². The molecule has 5 nitrogen and oxygen atoms in total. The minimum absolute atomic E-state index is 0. The van der Waals surface area contributed by atoms with Crippen LogP contribution in [-0.4, -0.2) is 38.5 Å². The molecular formula is C19H30FIN4O.